The highest BCUT2D eigenvalue weighted by Gasteiger charge is 2.12. The number of anilines is 1. The minimum absolute atomic E-state index is 0.0773. The Morgan fingerprint density at radius 3 is 2.48 bits per heavy atom. The van der Waals surface area contributed by atoms with Crippen LogP contribution in [0.5, 0.6) is 5.75 Å². The van der Waals surface area contributed by atoms with Crippen LogP contribution in [0.2, 0.25) is 5.02 Å². The summed E-state index contributed by atoms with van der Waals surface area (Å²) >= 11 is 5.72. The maximum Gasteiger partial charge on any atom is 0.329 e. The molecule has 0 atom stereocenters. The average Bonchev–Trinajstić information content (AvgIpc) is 2.53. The fourth-order valence-corrected chi connectivity index (χ4v) is 1.73. The van der Waals surface area contributed by atoms with Crippen molar-refractivity contribution in [3.8, 4) is 5.75 Å². The van der Waals surface area contributed by atoms with E-state index in [2.05, 4.69) is 10.4 Å². The van der Waals surface area contributed by atoms with Gasteiger partial charge in [0.1, 0.15) is 11.6 Å². The number of hydrazone groups is 1. The van der Waals surface area contributed by atoms with E-state index in [4.69, 9.17) is 11.6 Å². The molecular formula is C15H11ClFN3O3. The second-order valence-electron chi connectivity index (χ2n) is 4.37. The summed E-state index contributed by atoms with van der Waals surface area (Å²) in [5.41, 5.74) is 2.83. The lowest BCUT2D eigenvalue weighted by Gasteiger charge is -2.03. The van der Waals surface area contributed by atoms with Gasteiger partial charge in [-0.25, -0.2) is 9.82 Å². The van der Waals surface area contributed by atoms with Crippen molar-refractivity contribution in [3.63, 3.8) is 0 Å². The summed E-state index contributed by atoms with van der Waals surface area (Å²) in [5.74, 6) is -2.47. The monoisotopic (exact) mass is 335 g/mol. The Morgan fingerprint density at radius 2 is 1.83 bits per heavy atom. The molecule has 118 valence electrons. The summed E-state index contributed by atoms with van der Waals surface area (Å²) in [4.78, 5) is 23.1. The average molecular weight is 336 g/mol. The number of aromatic hydroxyl groups is 1. The second-order valence-corrected chi connectivity index (χ2v) is 4.78. The lowest BCUT2D eigenvalue weighted by Crippen LogP contribution is -2.32. The highest BCUT2D eigenvalue weighted by atomic mass is 35.5. The van der Waals surface area contributed by atoms with Gasteiger partial charge in [0.25, 0.3) is 0 Å². The summed E-state index contributed by atoms with van der Waals surface area (Å²) in [6.45, 7) is 0. The fraction of sp³-hybridized carbons (Fsp3) is 0. The topological polar surface area (TPSA) is 90.8 Å². The third kappa shape index (κ3) is 4.79. The number of benzene rings is 2. The highest BCUT2D eigenvalue weighted by molar-refractivity contribution is 6.39. The molecule has 0 unspecified atom stereocenters. The van der Waals surface area contributed by atoms with Crippen molar-refractivity contribution in [1.82, 2.24) is 5.43 Å². The van der Waals surface area contributed by atoms with Crippen LogP contribution >= 0.6 is 11.6 Å². The molecule has 0 spiro atoms. The third-order valence-electron chi connectivity index (χ3n) is 2.66. The fourth-order valence-electron chi connectivity index (χ4n) is 1.54. The first-order chi connectivity index (χ1) is 11.0. The molecular weight excluding hydrogens is 325 g/mol. The van der Waals surface area contributed by atoms with Crippen molar-refractivity contribution in [2.24, 2.45) is 5.10 Å². The standard InChI is InChI=1S/C15H11ClFN3O3/c16-12-7-9(1-6-13(12)21)8-18-20-15(23)14(22)19-11-4-2-10(17)3-5-11/h1-8,21H,(H,19,22)(H,20,23)/b18-8-. The molecule has 0 aliphatic heterocycles. The quantitative estimate of drug-likeness (QED) is 0.456. The van der Waals surface area contributed by atoms with E-state index in [-0.39, 0.29) is 16.5 Å². The summed E-state index contributed by atoms with van der Waals surface area (Å²) in [6.07, 6.45) is 1.26. The van der Waals surface area contributed by atoms with Gasteiger partial charge in [0.05, 0.1) is 11.2 Å². The van der Waals surface area contributed by atoms with E-state index in [9.17, 15) is 19.1 Å². The Morgan fingerprint density at radius 1 is 1.13 bits per heavy atom. The Hall–Kier alpha value is -2.93. The lowest BCUT2D eigenvalue weighted by molar-refractivity contribution is -0.136. The van der Waals surface area contributed by atoms with Crippen LogP contribution in [0.1, 0.15) is 5.56 Å². The third-order valence-corrected chi connectivity index (χ3v) is 2.96. The van der Waals surface area contributed by atoms with Crippen LogP contribution in [0.15, 0.2) is 47.6 Å². The van der Waals surface area contributed by atoms with Gasteiger partial charge in [-0.1, -0.05) is 11.6 Å². The first-order valence-electron chi connectivity index (χ1n) is 6.34. The van der Waals surface area contributed by atoms with Crippen molar-refractivity contribution < 1.29 is 19.1 Å². The summed E-state index contributed by atoms with van der Waals surface area (Å²) in [7, 11) is 0. The first-order valence-corrected chi connectivity index (χ1v) is 6.72. The molecule has 23 heavy (non-hydrogen) atoms. The molecule has 2 aromatic rings. The van der Waals surface area contributed by atoms with E-state index in [1.807, 2.05) is 5.43 Å². The van der Waals surface area contributed by atoms with Crippen LogP contribution in [-0.2, 0) is 9.59 Å². The normalized spacial score (nSPS) is 10.5. The largest absolute Gasteiger partial charge is 0.506 e. The van der Waals surface area contributed by atoms with Gasteiger partial charge < -0.3 is 10.4 Å². The van der Waals surface area contributed by atoms with Gasteiger partial charge in [0.15, 0.2) is 0 Å². The number of rotatable bonds is 3. The molecule has 0 heterocycles. The van der Waals surface area contributed by atoms with E-state index in [0.29, 0.717) is 5.56 Å². The Bertz CT molecular complexity index is 763. The van der Waals surface area contributed by atoms with Crippen LogP contribution in [0.4, 0.5) is 10.1 Å². The van der Waals surface area contributed by atoms with Crippen molar-refractivity contribution in [3.05, 3.63) is 58.9 Å². The molecule has 2 aromatic carbocycles. The van der Waals surface area contributed by atoms with Crippen LogP contribution in [-0.4, -0.2) is 23.1 Å². The zero-order valence-corrected chi connectivity index (χ0v) is 12.3. The number of phenolic OH excluding ortho intramolecular Hbond substituents is 1. The lowest BCUT2D eigenvalue weighted by atomic mass is 10.2. The molecule has 0 saturated heterocycles. The summed E-state index contributed by atoms with van der Waals surface area (Å²) in [5, 5.41) is 15.3. The SMILES string of the molecule is O=C(N/N=C\c1ccc(O)c(Cl)c1)C(=O)Nc1ccc(F)cc1. The zero-order chi connectivity index (χ0) is 16.8. The van der Waals surface area contributed by atoms with E-state index >= 15 is 0 Å². The predicted molar refractivity (Wildman–Crippen MR) is 83.9 cm³/mol. The molecule has 2 amide bonds. The molecule has 3 N–H and O–H groups in total. The number of phenols is 1. The molecule has 0 saturated carbocycles. The number of hydrogen-bond donors (Lipinski definition) is 3. The smallest absolute Gasteiger partial charge is 0.329 e. The molecule has 8 heteroatoms. The molecule has 0 aliphatic carbocycles. The van der Waals surface area contributed by atoms with Gasteiger partial charge in [-0.15, -0.1) is 0 Å². The van der Waals surface area contributed by atoms with Gasteiger partial charge in [0, 0.05) is 5.69 Å². The van der Waals surface area contributed by atoms with Gasteiger partial charge in [-0.2, -0.15) is 5.10 Å². The van der Waals surface area contributed by atoms with Crippen LogP contribution in [0, 0.1) is 5.82 Å². The first kappa shape index (κ1) is 16.4. The predicted octanol–water partition coefficient (Wildman–Crippen LogP) is 2.27. The number of hydrogen-bond acceptors (Lipinski definition) is 4. The van der Waals surface area contributed by atoms with Crippen molar-refractivity contribution in [2.45, 2.75) is 0 Å². The maximum absolute atomic E-state index is 12.7. The van der Waals surface area contributed by atoms with Gasteiger partial charge in [-0.05, 0) is 48.0 Å². The van der Waals surface area contributed by atoms with Crippen molar-refractivity contribution in [1.29, 1.82) is 0 Å². The van der Waals surface area contributed by atoms with Crippen molar-refractivity contribution in [2.75, 3.05) is 5.32 Å². The minimum Gasteiger partial charge on any atom is -0.506 e. The number of nitrogens with zero attached hydrogens (tertiary/aromatic N) is 1. The molecule has 2 rings (SSSR count). The maximum atomic E-state index is 12.7. The number of nitrogens with one attached hydrogen (secondary N) is 2. The number of amides is 2. The Labute approximate surface area is 135 Å². The molecule has 0 aliphatic rings. The summed E-state index contributed by atoms with van der Waals surface area (Å²) in [6, 6.07) is 9.28. The highest BCUT2D eigenvalue weighted by Crippen LogP contribution is 2.22. The van der Waals surface area contributed by atoms with E-state index in [1.54, 1.807) is 0 Å². The minimum atomic E-state index is -0.990. The van der Waals surface area contributed by atoms with Crippen LogP contribution in [0.3, 0.4) is 0 Å². The number of carbonyl (C=O) groups excluding carboxylic acids is 2. The molecule has 0 fully saturated rings. The van der Waals surface area contributed by atoms with E-state index < -0.39 is 17.6 Å². The van der Waals surface area contributed by atoms with Gasteiger partial charge in [0.2, 0.25) is 0 Å². The summed E-state index contributed by atoms with van der Waals surface area (Å²) < 4.78 is 12.7. The van der Waals surface area contributed by atoms with Gasteiger partial charge >= 0.3 is 11.8 Å². The molecule has 6 nitrogen and oxygen atoms in total. The van der Waals surface area contributed by atoms with E-state index in [1.165, 1.54) is 36.5 Å². The van der Waals surface area contributed by atoms with Crippen LogP contribution in [0.25, 0.3) is 0 Å². The molecule has 0 aromatic heterocycles. The molecule has 0 bridgehead atoms. The second kappa shape index (κ2) is 7.37. The number of carbonyl (C=O) groups is 2. The van der Waals surface area contributed by atoms with Crippen LogP contribution < -0.4 is 10.7 Å². The Kier molecular flexibility index (Phi) is 5.27. The van der Waals surface area contributed by atoms with Gasteiger partial charge in [-0.3, -0.25) is 9.59 Å². The zero-order valence-electron chi connectivity index (χ0n) is 11.6. The molecule has 0 radical (unpaired) electrons. The van der Waals surface area contributed by atoms with Crippen molar-refractivity contribution >= 4 is 35.3 Å². The van der Waals surface area contributed by atoms with E-state index in [0.717, 1.165) is 12.1 Å². The Balaban J connectivity index is 1.90. The number of halogens is 2.